The minimum Gasteiger partial charge on any atom is -0.374 e. The van der Waals surface area contributed by atoms with Gasteiger partial charge in [-0.1, -0.05) is 24.3 Å². The topological polar surface area (TPSA) is 48.8 Å². The van der Waals surface area contributed by atoms with Gasteiger partial charge in [0.25, 0.3) is 0 Å². The Morgan fingerprint density at radius 2 is 1.96 bits per heavy atom. The van der Waals surface area contributed by atoms with Gasteiger partial charge in [-0.05, 0) is 79.0 Å². The minimum absolute atomic E-state index is 0.206. The second kappa shape index (κ2) is 6.87. The van der Waals surface area contributed by atoms with Crippen molar-refractivity contribution in [3.63, 3.8) is 0 Å². The lowest BCUT2D eigenvalue weighted by molar-refractivity contribution is 0.0422. The summed E-state index contributed by atoms with van der Waals surface area (Å²) in [5.74, 6) is 0.227. The lowest BCUT2D eigenvalue weighted by atomic mass is 9.81. The summed E-state index contributed by atoms with van der Waals surface area (Å²) in [5, 5.41) is 11.7. The molecule has 1 N–H and O–H groups in total. The van der Waals surface area contributed by atoms with Crippen LogP contribution in [-0.4, -0.2) is 17.7 Å². The summed E-state index contributed by atoms with van der Waals surface area (Å²) in [4.78, 5) is 3.69. The van der Waals surface area contributed by atoms with E-state index in [-0.39, 0.29) is 12.0 Å². The molecule has 3 heteroatoms. The van der Waals surface area contributed by atoms with Gasteiger partial charge in [-0.3, -0.25) is 0 Å². The summed E-state index contributed by atoms with van der Waals surface area (Å²) in [5.41, 5.74) is 6.16. The number of ether oxygens (including phenoxy) is 1. The molecule has 2 heterocycles. The SMILES string of the molecule is N#Cc1ccc(C2C=C(C3CCCCO3)C=c3[nH]c4c(c32)CCCC=4)cc1. The second-order valence-electron chi connectivity index (χ2n) is 7.82. The van der Waals surface area contributed by atoms with Crippen molar-refractivity contribution in [2.24, 2.45) is 0 Å². The number of nitriles is 1. The number of H-pyrrole nitrogens is 1. The Labute approximate surface area is 159 Å². The zero-order valence-electron chi connectivity index (χ0n) is 15.5. The van der Waals surface area contributed by atoms with Crippen LogP contribution in [0, 0.1) is 11.3 Å². The first-order valence-electron chi connectivity index (χ1n) is 10.1. The highest BCUT2D eigenvalue weighted by atomic mass is 16.5. The highest BCUT2D eigenvalue weighted by Gasteiger charge is 2.27. The molecule has 0 amide bonds. The van der Waals surface area contributed by atoms with Crippen LogP contribution in [0.15, 0.2) is 35.9 Å². The monoisotopic (exact) mass is 356 g/mol. The molecule has 3 nitrogen and oxygen atoms in total. The lowest BCUT2D eigenvalue weighted by Crippen LogP contribution is -2.26. The molecule has 1 aromatic heterocycles. The van der Waals surface area contributed by atoms with Crippen LogP contribution in [0.5, 0.6) is 0 Å². The average Bonchev–Trinajstić information content (AvgIpc) is 3.12. The van der Waals surface area contributed by atoms with Crippen molar-refractivity contribution >= 4 is 12.2 Å². The van der Waals surface area contributed by atoms with Gasteiger partial charge >= 0.3 is 0 Å². The Balaban J connectivity index is 1.66. The molecule has 1 aromatic carbocycles. The van der Waals surface area contributed by atoms with E-state index in [1.54, 1.807) is 0 Å². The predicted octanol–water partition coefficient (Wildman–Crippen LogP) is 3.42. The number of aromatic amines is 1. The smallest absolute Gasteiger partial charge is 0.0991 e. The number of nitrogens with one attached hydrogen (secondary N) is 1. The third-order valence-corrected chi connectivity index (χ3v) is 6.12. The van der Waals surface area contributed by atoms with E-state index < -0.39 is 0 Å². The van der Waals surface area contributed by atoms with Gasteiger partial charge in [0.1, 0.15) is 0 Å². The fraction of sp³-hybridized carbons (Fsp3) is 0.375. The van der Waals surface area contributed by atoms with Gasteiger partial charge in [0.05, 0.1) is 17.7 Å². The second-order valence-corrected chi connectivity index (χ2v) is 7.82. The minimum atomic E-state index is 0.206. The quantitative estimate of drug-likeness (QED) is 0.896. The van der Waals surface area contributed by atoms with E-state index in [9.17, 15) is 0 Å². The van der Waals surface area contributed by atoms with Crippen LogP contribution >= 0.6 is 0 Å². The van der Waals surface area contributed by atoms with Crippen molar-refractivity contribution < 1.29 is 4.74 Å². The molecular weight excluding hydrogens is 332 g/mol. The zero-order valence-corrected chi connectivity index (χ0v) is 15.5. The molecule has 2 atom stereocenters. The Bertz CT molecular complexity index is 1040. The normalized spacial score (nSPS) is 23.9. The summed E-state index contributed by atoms with van der Waals surface area (Å²) < 4.78 is 6.09. The van der Waals surface area contributed by atoms with Gasteiger partial charge in [0, 0.05) is 23.2 Å². The number of fused-ring (bicyclic) bond motifs is 3. The molecule has 2 aliphatic carbocycles. The van der Waals surface area contributed by atoms with Crippen molar-refractivity contribution in [1.29, 1.82) is 5.26 Å². The maximum atomic E-state index is 9.14. The predicted molar refractivity (Wildman–Crippen MR) is 107 cm³/mol. The van der Waals surface area contributed by atoms with E-state index in [4.69, 9.17) is 10.00 Å². The maximum absolute atomic E-state index is 9.14. The van der Waals surface area contributed by atoms with Crippen molar-refractivity contribution in [2.75, 3.05) is 6.61 Å². The number of aromatic nitrogens is 1. The molecule has 0 radical (unpaired) electrons. The van der Waals surface area contributed by atoms with Crippen molar-refractivity contribution in [3.05, 3.63) is 68.9 Å². The molecule has 27 heavy (non-hydrogen) atoms. The molecule has 1 fully saturated rings. The zero-order chi connectivity index (χ0) is 18.2. The van der Waals surface area contributed by atoms with E-state index in [2.05, 4.69) is 41.4 Å². The summed E-state index contributed by atoms with van der Waals surface area (Å²) in [6.45, 7) is 0.860. The molecule has 0 bridgehead atoms. The molecule has 0 saturated carbocycles. The van der Waals surface area contributed by atoms with E-state index in [1.165, 1.54) is 52.2 Å². The van der Waals surface area contributed by atoms with E-state index in [1.807, 2.05) is 12.1 Å². The van der Waals surface area contributed by atoms with Crippen molar-refractivity contribution in [1.82, 2.24) is 4.98 Å². The molecule has 0 spiro atoms. The van der Waals surface area contributed by atoms with Gasteiger partial charge in [0.15, 0.2) is 0 Å². The maximum Gasteiger partial charge on any atom is 0.0991 e. The third kappa shape index (κ3) is 2.95. The molecule has 2 aromatic rings. The molecule has 2 unspecified atom stereocenters. The van der Waals surface area contributed by atoms with Crippen LogP contribution in [0.25, 0.3) is 12.2 Å². The standard InChI is InChI=1S/C24H24N2O/c25-15-16-8-10-17(11-9-16)20-13-18(23-7-3-4-12-27-23)14-22-24(20)19-5-1-2-6-21(19)26-22/h6,8-11,13-14,20,23,26H,1-5,7,12H2. The summed E-state index contributed by atoms with van der Waals surface area (Å²) in [6, 6.07) is 10.3. The molecule has 3 aliphatic rings. The number of benzene rings is 1. The van der Waals surface area contributed by atoms with Crippen molar-refractivity contribution in [3.8, 4) is 6.07 Å². The molecular formula is C24H24N2O. The highest BCUT2D eigenvalue weighted by molar-refractivity contribution is 5.60. The van der Waals surface area contributed by atoms with Crippen LogP contribution in [0.3, 0.4) is 0 Å². The van der Waals surface area contributed by atoms with Crippen LogP contribution < -0.4 is 10.7 Å². The van der Waals surface area contributed by atoms with Crippen LogP contribution in [0.1, 0.15) is 60.3 Å². The Kier molecular flexibility index (Phi) is 4.22. The Morgan fingerprint density at radius 1 is 1.07 bits per heavy atom. The number of hydrogen-bond donors (Lipinski definition) is 1. The average molecular weight is 356 g/mol. The van der Waals surface area contributed by atoms with Gasteiger partial charge in [-0.15, -0.1) is 0 Å². The molecule has 1 aliphatic heterocycles. The Hall–Kier alpha value is -2.57. The largest absolute Gasteiger partial charge is 0.374 e. The fourth-order valence-electron chi connectivity index (χ4n) is 4.76. The third-order valence-electron chi connectivity index (χ3n) is 6.12. The van der Waals surface area contributed by atoms with E-state index >= 15 is 0 Å². The number of rotatable bonds is 2. The number of nitrogens with zero attached hydrogens (tertiary/aromatic N) is 1. The first-order chi connectivity index (χ1) is 13.3. The Morgan fingerprint density at radius 3 is 2.74 bits per heavy atom. The fourth-order valence-corrected chi connectivity index (χ4v) is 4.76. The van der Waals surface area contributed by atoms with Crippen LogP contribution in [-0.2, 0) is 11.2 Å². The van der Waals surface area contributed by atoms with E-state index in [0.717, 1.165) is 25.9 Å². The van der Waals surface area contributed by atoms with Gasteiger partial charge in [-0.2, -0.15) is 5.26 Å². The summed E-state index contributed by atoms with van der Waals surface area (Å²) in [7, 11) is 0. The summed E-state index contributed by atoms with van der Waals surface area (Å²) >= 11 is 0. The first-order valence-corrected chi connectivity index (χ1v) is 10.1. The molecule has 5 rings (SSSR count). The highest BCUT2D eigenvalue weighted by Crippen LogP contribution is 2.33. The van der Waals surface area contributed by atoms with Crippen LogP contribution in [0.2, 0.25) is 0 Å². The summed E-state index contributed by atoms with van der Waals surface area (Å²) in [6.07, 6.45) is 14.3. The van der Waals surface area contributed by atoms with Gasteiger partial charge in [0.2, 0.25) is 0 Å². The van der Waals surface area contributed by atoms with Gasteiger partial charge in [-0.25, -0.2) is 0 Å². The van der Waals surface area contributed by atoms with Crippen molar-refractivity contribution in [2.45, 2.75) is 50.5 Å². The number of allylic oxidation sites excluding steroid dienone is 1. The lowest BCUT2D eigenvalue weighted by Gasteiger charge is -2.27. The van der Waals surface area contributed by atoms with E-state index in [0.29, 0.717) is 5.56 Å². The number of hydrogen-bond acceptors (Lipinski definition) is 2. The van der Waals surface area contributed by atoms with Crippen LogP contribution in [0.4, 0.5) is 0 Å². The molecule has 1 saturated heterocycles. The van der Waals surface area contributed by atoms with Gasteiger partial charge < -0.3 is 9.72 Å². The molecule has 136 valence electrons. The first kappa shape index (κ1) is 16.6.